The Balaban J connectivity index is -0.000000270. The van der Waals surface area contributed by atoms with Crippen molar-refractivity contribution in [3.8, 4) is 0 Å². The van der Waals surface area contributed by atoms with Crippen molar-refractivity contribution in [3.05, 3.63) is 23.3 Å². The van der Waals surface area contributed by atoms with E-state index in [0.29, 0.717) is 0 Å². The van der Waals surface area contributed by atoms with Crippen molar-refractivity contribution in [2.75, 3.05) is 0 Å². The first-order valence-corrected chi connectivity index (χ1v) is 3.60. The summed E-state index contributed by atoms with van der Waals surface area (Å²) in [5.74, 6) is 0. The fourth-order valence-corrected chi connectivity index (χ4v) is 1.14. The quantitative estimate of drug-likeness (QED) is 0.512. The van der Waals surface area contributed by atoms with Crippen LogP contribution >= 0.6 is 24.8 Å². The maximum Gasteiger partial charge on any atom is 0 e. The van der Waals surface area contributed by atoms with Crippen LogP contribution in [0.2, 0.25) is 0 Å². The summed E-state index contributed by atoms with van der Waals surface area (Å²) in [6.45, 7) is 4.33. The maximum absolute atomic E-state index is 3.28. The van der Waals surface area contributed by atoms with Gasteiger partial charge in [-0.15, -0.1) is 31.2 Å². The molecule has 0 aromatic carbocycles. The van der Waals surface area contributed by atoms with E-state index in [2.05, 4.69) is 26.0 Å². The summed E-state index contributed by atoms with van der Waals surface area (Å²) in [6, 6.07) is 0. The number of allylic oxidation sites excluding steroid dienone is 4. The molecule has 0 aliphatic heterocycles. The van der Waals surface area contributed by atoms with E-state index < -0.39 is 0 Å². The molecule has 0 unspecified atom stereocenters. The van der Waals surface area contributed by atoms with Crippen LogP contribution in [0.4, 0.5) is 0 Å². The van der Waals surface area contributed by atoms with Gasteiger partial charge < -0.3 is 0 Å². The van der Waals surface area contributed by atoms with E-state index in [4.69, 9.17) is 0 Å². The molecule has 0 heterocycles. The molecule has 0 nitrogen and oxygen atoms in total. The van der Waals surface area contributed by atoms with Crippen LogP contribution in [-0.4, -0.2) is 0 Å². The minimum Gasteiger partial charge on any atom is -0.269 e. The van der Waals surface area contributed by atoms with Crippen molar-refractivity contribution in [2.45, 2.75) is 33.1 Å². The van der Waals surface area contributed by atoms with Crippen LogP contribution in [0.25, 0.3) is 0 Å². The number of hydrogen-bond acceptors (Lipinski definition) is 0. The van der Waals surface area contributed by atoms with E-state index in [9.17, 15) is 0 Å². The average molecular weight is 373 g/mol. The number of hydrogen-bond donors (Lipinski definition) is 0. The zero-order chi connectivity index (χ0) is 6.69. The predicted molar refractivity (Wildman–Crippen MR) is 54.5 cm³/mol. The van der Waals surface area contributed by atoms with Gasteiger partial charge in [0, 0.05) is 25.8 Å². The molecule has 12 heavy (non-hydrogen) atoms. The smallest absolute Gasteiger partial charge is 0 e. The van der Waals surface area contributed by atoms with Crippen LogP contribution in [0.15, 0.2) is 17.2 Å². The summed E-state index contributed by atoms with van der Waals surface area (Å²) in [6.07, 6.45) is 9.13. The summed E-state index contributed by atoms with van der Waals surface area (Å²) in [5.41, 5.74) is 2.87. The fourth-order valence-electron chi connectivity index (χ4n) is 1.14. The molecule has 0 atom stereocenters. The Morgan fingerprint density at radius 2 is 2.00 bits per heavy atom. The minimum atomic E-state index is 0. The van der Waals surface area contributed by atoms with Crippen molar-refractivity contribution in [2.24, 2.45) is 0 Å². The first-order chi connectivity index (χ1) is 4.33. The van der Waals surface area contributed by atoms with Gasteiger partial charge in [0.05, 0.1) is 0 Å². The van der Waals surface area contributed by atoms with Gasteiger partial charge in [-0.1, -0.05) is 20.3 Å². The Morgan fingerprint density at radius 3 is 2.33 bits per heavy atom. The topological polar surface area (TPSA) is 0 Å². The third kappa shape index (κ3) is 6.45. The number of halogens is 2. The van der Waals surface area contributed by atoms with E-state index in [-0.39, 0.29) is 50.7 Å². The van der Waals surface area contributed by atoms with Gasteiger partial charge in [0.15, 0.2) is 0 Å². The van der Waals surface area contributed by atoms with E-state index in [1.165, 1.54) is 18.4 Å². The standard InChI is InChI=1S/C9H13.2ClH.Hf/c1-3-4-9-6-5-8(2)7-9;;;/h7H,3-4,6H2,1-2H3;2*1H;/q-1;;;. The summed E-state index contributed by atoms with van der Waals surface area (Å²) in [4.78, 5) is 0. The average Bonchev–Trinajstić information content (AvgIpc) is 2.17. The molecule has 0 fully saturated rings. The molecule has 0 radical (unpaired) electrons. The SMILES string of the molecule is CCCC1=CC(C)=[C-]C1.Cl.Cl.[Hf]. The molecule has 0 aromatic heterocycles. The van der Waals surface area contributed by atoms with Crippen LogP contribution in [0.3, 0.4) is 0 Å². The number of rotatable bonds is 2. The van der Waals surface area contributed by atoms with Gasteiger partial charge in [0.1, 0.15) is 0 Å². The normalized spacial score (nSPS) is 13.2. The van der Waals surface area contributed by atoms with Gasteiger partial charge in [0.2, 0.25) is 0 Å². The summed E-state index contributed by atoms with van der Waals surface area (Å²) in [5, 5.41) is 0. The zero-order valence-corrected chi connectivity index (χ0v) is 12.7. The largest absolute Gasteiger partial charge is 0.269 e. The second-order valence-corrected chi connectivity index (χ2v) is 2.59. The predicted octanol–water partition coefficient (Wildman–Crippen LogP) is 3.71. The molecule has 1 aliphatic rings. The molecule has 1 rings (SSSR count). The molecular formula is C9H15Cl2Hf-. The van der Waals surface area contributed by atoms with Crippen molar-refractivity contribution < 1.29 is 25.8 Å². The Labute approximate surface area is 106 Å². The van der Waals surface area contributed by atoms with Crippen molar-refractivity contribution >= 4 is 24.8 Å². The Kier molecular flexibility index (Phi) is 15.6. The second kappa shape index (κ2) is 10.0. The first kappa shape index (κ1) is 18.7. The molecule has 0 N–H and O–H groups in total. The fraction of sp³-hybridized carbons (Fsp3) is 0.556. The van der Waals surface area contributed by atoms with Crippen LogP contribution in [0.1, 0.15) is 33.1 Å². The maximum atomic E-state index is 3.28. The molecule has 0 spiro atoms. The van der Waals surface area contributed by atoms with E-state index >= 15 is 0 Å². The van der Waals surface area contributed by atoms with Crippen LogP contribution < -0.4 is 0 Å². The van der Waals surface area contributed by atoms with Crippen LogP contribution in [0.5, 0.6) is 0 Å². The molecule has 70 valence electrons. The molecule has 0 saturated heterocycles. The summed E-state index contributed by atoms with van der Waals surface area (Å²) < 4.78 is 0. The van der Waals surface area contributed by atoms with Gasteiger partial charge in [-0.05, 0) is 6.42 Å². The Bertz CT molecular complexity index is 162. The van der Waals surface area contributed by atoms with Crippen molar-refractivity contribution in [3.63, 3.8) is 0 Å². The summed E-state index contributed by atoms with van der Waals surface area (Å²) in [7, 11) is 0. The zero-order valence-electron chi connectivity index (χ0n) is 7.52. The van der Waals surface area contributed by atoms with Crippen LogP contribution in [0, 0.1) is 6.08 Å². The van der Waals surface area contributed by atoms with Crippen LogP contribution in [-0.2, 0) is 25.8 Å². The molecular weight excluding hydrogens is 357 g/mol. The summed E-state index contributed by atoms with van der Waals surface area (Å²) >= 11 is 0. The molecule has 1 aliphatic carbocycles. The Morgan fingerprint density at radius 1 is 1.42 bits per heavy atom. The van der Waals surface area contributed by atoms with E-state index in [0.717, 1.165) is 6.42 Å². The third-order valence-electron chi connectivity index (χ3n) is 1.59. The van der Waals surface area contributed by atoms with E-state index in [1.807, 2.05) is 0 Å². The van der Waals surface area contributed by atoms with Gasteiger partial charge in [0.25, 0.3) is 0 Å². The van der Waals surface area contributed by atoms with E-state index in [1.54, 1.807) is 5.57 Å². The third-order valence-corrected chi connectivity index (χ3v) is 1.59. The van der Waals surface area contributed by atoms with Gasteiger partial charge in [-0.25, -0.2) is 11.6 Å². The first-order valence-electron chi connectivity index (χ1n) is 3.60. The minimum absolute atomic E-state index is 0. The molecule has 0 bridgehead atoms. The molecule has 0 amide bonds. The van der Waals surface area contributed by atoms with Crippen molar-refractivity contribution in [1.29, 1.82) is 0 Å². The molecule has 0 saturated carbocycles. The second-order valence-electron chi connectivity index (χ2n) is 2.59. The molecule has 0 aromatic rings. The monoisotopic (exact) mass is 373 g/mol. The van der Waals surface area contributed by atoms with Gasteiger partial charge in [-0.3, -0.25) is 6.08 Å². The Hall–Kier alpha value is 0.930. The molecule has 3 heteroatoms. The van der Waals surface area contributed by atoms with Gasteiger partial charge >= 0.3 is 0 Å². The van der Waals surface area contributed by atoms with Gasteiger partial charge in [-0.2, -0.15) is 5.57 Å². The van der Waals surface area contributed by atoms with Crippen molar-refractivity contribution in [1.82, 2.24) is 0 Å².